The summed E-state index contributed by atoms with van der Waals surface area (Å²) >= 11 is 3.38. The summed E-state index contributed by atoms with van der Waals surface area (Å²) in [5, 5.41) is 19.0. The van der Waals surface area contributed by atoms with Gasteiger partial charge in [0.25, 0.3) is 0 Å². The number of hydrogen-bond acceptors (Lipinski definition) is 5. The quantitative estimate of drug-likeness (QED) is 0.754. The number of benzene rings is 1. The number of halogens is 1. The predicted octanol–water partition coefficient (Wildman–Crippen LogP) is 0.799. The molecule has 2 N–H and O–H groups in total. The lowest BCUT2D eigenvalue weighted by atomic mass is 10.2. The molecule has 1 heterocycles. The van der Waals surface area contributed by atoms with Crippen molar-refractivity contribution in [3.05, 3.63) is 28.7 Å². The maximum Gasteiger partial charge on any atom is 0.119 e. The summed E-state index contributed by atoms with van der Waals surface area (Å²) in [6.45, 7) is 5.63. The lowest BCUT2D eigenvalue weighted by Gasteiger charge is -2.35. The molecular formula is C15H23BrN2O3. The van der Waals surface area contributed by atoms with Gasteiger partial charge in [0.05, 0.1) is 6.61 Å². The number of aliphatic hydroxyl groups is 2. The monoisotopic (exact) mass is 358 g/mol. The first-order chi connectivity index (χ1) is 10.2. The Morgan fingerprint density at radius 1 is 1.10 bits per heavy atom. The number of piperazine rings is 1. The zero-order valence-electron chi connectivity index (χ0n) is 12.1. The molecule has 118 valence electrons. The van der Waals surface area contributed by atoms with E-state index in [1.165, 1.54) is 0 Å². The lowest BCUT2D eigenvalue weighted by molar-refractivity contribution is 0.0428. The number of nitrogens with zero attached hydrogens (tertiary/aromatic N) is 2. The molecule has 0 saturated carbocycles. The molecule has 1 aromatic rings. The molecule has 1 aliphatic heterocycles. The molecule has 0 amide bonds. The molecule has 1 saturated heterocycles. The molecule has 0 bridgehead atoms. The van der Waals surface area contributed by atoms with Crippen molar-refractivity contribution >= 4 is 15.9 Å². The minimum atomic E-state index is -0.488. The van der Waals surface area contributed by atoms with Gasteiger partial charge in [-0.25, -0.2) is 0 Å². The van der Waals surface area contributed by atoms with Crippen LogP contribution in [0.1, 0.15) is 0 Å². The van der Waals surface area contributed by atoms with Crippen molar-refractivity contribution in [3.63, 3.8) is 0 Å². The summed E-state index contributed by atoms with van der Waals surface area (Å²) in [5.41, 5.74) is 0. The topological polar surface area (TPSA) is 56.2 Å². The normalized spacial score (nSPS) is 18.6. The average molecular weight is 359 g/mol. The third-order valence-electron chi connectivity index (χ3n) is 3.61. The van der Waals surface area contributed by atoms with Crippen LogP contribution in [0.3, 0.4) is 0 Å². The van der Waals surface area contributed by atoms with Crippen molar-refractivity contribution in [2.75, 3.05) is 52.5 Å². The molecule has 2 rings (SSSR count). The number of β-amino-alcohol motifs (C(OH)–C–C–N with tert-alkyl or cyclic N) is 2. The van der Waals surface area contributed by atoms with E-state index in [0.29, 0.717) is 13.2 Å². The Bertz CT molecular complexity index is 408. The van der Waals surface area contributed by atoms with E-state index >= 15 is 0 Å². The Morgan fingerprint density at radius 3 is 2.33 bits per heavy atom. The van der Waals surface area contributed by atoms with Crippen molar-refractivity contribution in [2.24, 2.45) is 0 Å². The Morgan fingerprint density at radius 2 is 1.71 bits per heavy atom. The maximum absolute atomic E-state index is 10.1. The van der Waals surface area contributed by atoms with Crippen LogP contribution in [-0.4, -0.2) is 78.6 Å². The van der Waals surface area contributed by atoms with E-state index in [-0.39, 0.29) is 6.61 Å². The third kappa shape index (κ3) is 5.92. The maximum atomic E-state index is 10.1. The molecule has 1 atom stereocenters. The summed E-state index contributed by atoms with van der Waals surface area (Å²) in [5.74, 6) is 0.769. The molecular weight excluding hydrogens is 336 g/mol. The van der Waals surface area contributed by atoms with Crippen molar-refractivity contribution < 1.29 is 14.9 Å². The fourth-order valence-electron chi connectivity index (χ4n) is 2.41. The van der Waals surface area contributed by atoms with Gasteiger partial charge < -0.3 is 14.9 Å². The smallest absolute Gasteiger partial charge is 0.119 e. The summed E-state index contributed by atoms with van der Waals surface area (Å²) in [6, 6.07) is 7.60. The number of hydrogen-bond donors (Lipinski definition) is 2. The minimum absolute atomic E-state index is 0.212. The van der Waals surface area contributed by atoms with Gasteiger partial charge in [-0.3, -0.25) is 9.80 Å². The SMILES string of the molecule is OCCN1CCN(CC(O)COc2ccc(Br)cc2)CC1. The van der Waals surface area contributed by atoms with E-state index < -0.39 is 6.10 Å². The molecule has 0 aliphatic carbocycles. The fourth-order valence-corrected chi connectivity index (χ4v) is 2.68. The molecule has 5 nitrogen and oxygen atoms in total. The van der Waals surface area contributed by atoms with E-state index in [4.69, 9.17) is 9.84 Å². The van der Waals surface area contributed by atoms with Crippen LogP contribution in [0.2, 0.25) is 0 Å². The molecule has 0 radical (unpaired) electrons. The number of rotatable bonds is 7. The van der Waals surface area contributed by atoms with Crippen molar-refractivity contribution in [2.45, 2.75) is 6.10 Å². The van der Waals surface area contributed by atoms with Crippen molar-refractivity contribution in [1.82, 2.24) is 9.80 Å². The van der Waals surface area contributed by atoms with Gasteiger partial charge in [0.1, 0.15) is 18.5 Å². The van der Waals surface area contributed by atoms with Crippen LogP contribution in [0.5, 0.6) is 5.75 Å². The van der Waals surface area contributed by atoms with E-state index in [1.54, 1.807) is 0 Å². The highest BCUT2D eigenvalue weighted by Gasteiger charge is 2.18. The van der Waals surface area contributed by atoms with Gasteiger partial charge in [0.15, 0.2) is 0 Å². The van der Waals surface area contributed by atoms with Gasteiger partial charge in [-0.15, -0.1) is 0 Å². The Hall–Kier alpha value is -0.660. The Labute approximate surface area is 134 Å². The predicted molar refractivity (Wildman–Crippen MR) is 85.6 cm³/mol. The van der Waals surface area contributed by atoms with E-state index in [9.17, 15) is 5.11 Å². The summed E-state index contributed by atoms with van der Waals surface area (Å²) in [7, 11) is 0. The summed E-state index contributed by atoms with van der Waals surface area (Å²) in [6.07, 6.45) is -0.488. The van der Waals surface area contributed by atoms with Gasteiger partial charge in [0.2, 0.25) is 0 Å². The fraction of sp³-hybridized carbons (Fsp3) is 0.600. The van der Waals surface area contributed by atoms with Gasteiger partial charge in [0, 0.05) is 43.7 Å². The van der Waals surface area contributed by atoms with Crippen LogP contribution < -0.4 is 4.74 Å². The van der Waals surface area contributed by atoms with Gasteiger partial charge in [-0.05, 0) is 24.3 Å². The number of ether oxygens (including phenoxy) is 1. The molecule has 1 unspecified atom stereocenters. The second-order valence-corrected chi connectivity index (χ2v) is 6.20. The van der Waals surface area contributed by atoms with Crippen molar-refractivity contribution in [3.8, 4) is 5.75 Å². The third-order valence-corrected chi connectivity index (χ3v) is 4.13. The van der Waals surface area contributed by atoms with Crippen LogP contribution in [0, 0.1) is 0 Å². The highest BCUT2D eigenvalue weighted by molar-refractivity contribution is 9.10. The van der Waals surface area contributed by atoms with Crippen molar-refractivity contribution in [1.29, 1.82) is 0 Å². The molecule has 0 spiro atoms. The highest BCUT2D eigenvalue weighted by Crippen LogP contribution is 2.16. The van der Waals surface area contributed by atoms with Crippen LogP contribution in [0.25, 0.3) is 0 Å². The average Bonchev–Trinajstić information content (AvgIpc) is 2.49. The van der Waals surface area contributed by atoms with E-state index in [2.05, 4.69) is 25.7 Å². The standard InChI is InChI=1S/C15H23BrN2O3/c16-13-1-3-15(4-2-13)21-12-14(20)11-18-7-5-17(6-8-18)9-10-19/h1-4,14,19-20H,5-12H2. The zero-order valence-corrected chi connectivity index (χ0v) is 13.7. The summed E-state index contributed by atoms with van der Waals surface area (Å²) in [4.78, 5) is 4.48. The van der Waals surface area contributed by atoms with Gasteiger partial charge in [-0.2, -0.15) is 0 Å². The largest absolute Gasteiger partial charge is 0.491 e. The molecule has 21 heavy (non-hydrogen) atoms. The molecule has 0 aromatic heterocycles. The van der Waals surface area contributed by atoms with Crippen LogP contribution >= 0.6 is 15.9 Å². The minimum Gasteiger partial charge on any atom is -0.491 e. The second-order valence-electron chi connectivity index (χ2n) is 5.28. The highest BCUT2D eigenvalue weighted by atomic mass is 79.9. The summed E-state index contributed by atoms with van der Waals surface area (Å²) < 4.78 is 6.59. The lowest BCUT2D eigenvalue weighted by Crippen LogP contribution is -2.49. The van der Waals surface area contributed by atoms with Gasteiger partial charge >= 0.3 is 0 Å². The molecule has 1 aromatic carbocycles. The Balaban J connectivity index is 1.65. The number of aliphatic hydroxyl groups excluding tert-OH is 2. The van der Waals surface area contributed by atoms with Gasteiger partial charge in [-0.1, -0.05) is 15.9 Å². The first-order valence-corrected chi connectivity index (χ1v) is 8.08. The zero-order chi connectivity index (χ0) is 15.1. The second kappa shape index (κ2) is 8.70. The molecule has 1 aliphatic rings. The first-order valence-electron chi connectivity index (χ1n) is 7.29. The molecule has 1 fully saturated rings. The van der Waals surface area contributed by atoms with Crippen LogP contribution in [0.15, 0.2) is 28.7 Å². The van der Waals surface area contributed by atoms with E-state index in [0.717, 1.165) is 42.9 Å². The molecule has 6 heteroatoms. The van der Waals surface area contributed by atoms with Crippen LogP contribution in [0.4, 0.5) is 0 Å². The Kier molecular flexibility index (Phi) is 6.92. The van der Waals surface area contributed by atoms with Crippen LogP contribution in [-0.2, 0) is 0 Å². The first kappa shape index (κ1) is 16.7. The van der Waals surface area contributed by atoms with E-state index in [1.807, 2.05) is 24.3 Å².